The van der Waals surface area contributed by atoms with Crippen molar-refractivity contribution in [1.82, 2.24) is 9.62 Å². The lowest BCUT2D eigenvalue weighted by molar-refractivity contribution is -0.142. The predicted octanol–water partition coefficient (Wildman–Crippen LogP) is 2.54. The van der Waals surface area contributed by atoms with Crippen molar-refractivity contribution >= 4 is 22.1 Å². The first kappa shape index (κ1) is 22.5. The van der Waals surface area contributed by atoms with Gasteiger partial charge < -0.3 is 14.8 Å². The molecule has 1 aromatic carbocycles. The van der Waals surface area contributed by atoms with Crippen molar-refractivity contribution < 1.29 is 27.5 Å². The Morgan fingerprint density at radius 1 is 1.19 bits per heavy atom. The van der Waals surface area contributed by atoms with Gasteiger partial charge in [-0.05, 0) is 53.3 Å². The van der Waals surface area contributed by atoms with Crippen LogP contribution in [0.2, 0.25) is 0 Å². The summed E-state index contributed by atoms with van der Waals surface area (Å²) in [6.45, 7) is 11.7. The Morgan fingerprint density at radius 2 is 1.70 bits per heavy atom. The van der Waals surface area contributed by atoms with Crippen LogP contribution in [-0.2, 0) is 24.3 Å². The van der Waals surface area contributed by atoms with E-state index in [1.54, 1.807) is 32.9 Å². The second-order valence-electron chi connectivity index (χ2n) is 6.97. The molecular weight excluding hydrogens is 372 g/mol. The minimum Gasteiger partial charge on any atom is -0.444 e. The molecule has 0 aliphatic carbocycles. The van der Waals surface area contributed by atoms with E-state index in [2.05, 4.69) is 11.9 Å². The lowest BCUT2D eigenvalue weighted by Crippen LogP contribution is -2.43. The van der Waals surface area contributed by atoms with Crippen molar-refractivity contribution in [2.75, 3.05) is 7.05 Å². The molecule has 0 saturated carbocycles. The molecule has 1 atom stereocenters. The predicted molar refractivity (Wildman–Crippen MR) is 100 cm³/mol. The highest BCUT2D eigenvalue weighted by molar-refractivity contribution is 7.89. The lowest BCUT2D eigenvalue weighted by atomic mass is 10.2. The zero-order chi connectivity index (χ0) is 21.0. The van der Waals surface area contributed by atoms with Gasteiger partial charge in [0.05, 0.1) is 4.90 Å². The number of sulfonamides is 1. The molecule has 0 fully saturated rings. The van der Waals surface area contributed by atoms with Gasteiger partial charge in [-0.3, -0.25) is 0 Å². The van der Waals surface area contributed by atoms with Gasteiger partial charge in [-0.15, -0.1) is 0 Å². The Morgan fingerprint density at radius 3 is 2.19 bits per heavy atom. The van der Waals surface area contributed by atoms with Crippen LogP contribution < -0.4 is 5.32 Å². The molecule has 0 aromatic heterocycles. The summed E-state index contributed by atoms with van der Waals surface area (Å²) in [5, 5.41) is 2.31. The molecule has 0 radical (unpaired) electrons. The number of nitrogens with one attached hydrogen (secondary N) is 1. The largest absolute Gasteiger partial charge is 0.444 e. The highest BCUT2D eigenvalue weighted by Gasteiger charge is 2.27. The van der Waals surface area contributed by atoms with Crippen molar-refractivity contribution in [1.29, 1.82) is 0 Å². The maximum atomic E-state index is 12.6. The SMILES string of the molecule is C=C(OC(=O)C(C)NC(=O)OC(C)(C)C)N(C)S(=O)(=O)c1ccc(C)cc1. The topological polar surface area (TPSA) is 102 Å². The van der Waals surface area contributed by atoms with Gasteiger partial charge in [0.15, 0.2) is 0 Å². The molecule has 0 spiro atoms. The number of hydrogen-bond acceptors (Lipinski definition) is 6. The third-order valence-electron chi connectivity index (χ3n) is 3.34. The summed E-state index contributed by atoms with van der Waals surface area (Å²) < 4.78 is 35.9. The fraction of sp³-hybridized carbons (Fsp3) is 0.444. The number of benzene rings is 1. The number of ether oxygens (including phenoxy) is 2. The maximum Gasteiger partial charge on any atom is 0.408 e. The van der Waals surface area contributed by atoms with Gasteiger partial charge in [-0.25, -0.2) is 22.3 Å². The van der Waals surface area contributed by atoms with Gasteiger partial charge >= 0.3 is 12.1 Å². The van der Waals surface area contributed by atoms with E-state index >= 15 is 0 Å². The van der Waals surface area contributed by atoms with Crippen LogP contribution in [0.25, 0.3) is 0 Å². The van der Waals surface area contributed by atoms with Gasteiger partial charge in [0, 0.05) is 7.05 Å². The second kappa shape index (κ2) is 8.43. The van der Waals surface area contributed by atoms with Gasteiger partial charge in [0.2, 0.25) is 5.88 Å². The first-order chi connectivity index (χ1) is 12.2. The molecule has 1 N–H and O–H groups in total. The Balaban J connectivity index is 2.75. The summed E-state index contributed by atoms with van der Waals surface area (Å²) >= 11 is 0. The number of aryl methyl sites for hydroxylation is 1. The smallest absolute Gasteiger partial charge is 0.408 e. The first-order valence-electron chi connectivity index (χ1n) is 8.20. The summed E-state index contributed by atoms with van der Waals surface area (Å²) in [7, 11) is -2.71. The third-order valence-corrected chi connectivity index (χ3v) is 5.13. The molecule has 0 heterocycles. The molecule has 1 rings (SSSR count). The molecule has 0 aliphatic rings. The van der Waals surface area contributed by atoms with Crippen LogP contribution in [0.5, 0.6) is 0 Å². The van der Waals surface area contributed by atoms with E-state index in [1.807, 2.05) is 6.92 Å². The van der Waals surface area contributed by atoms with Crippen LogP contribution in [0.1, 0.15) is 33.3 Å². The van der Waals surface area contributed by atoms with Gasteiger partial charge in [0.1, 0.15) is 11.6 Å². The van der Waals surface area contributed by atoms with Gasteiger partial charge in [-0.2, -0.15) is 0 Å². The monoisotopic (exact) mass is 398 g/mol. The highest BCUT2D eigenvalue weighted by atomic mass is 32.2. The van der Waals surface area contributed by atoms with E-state index in [0.717, 1.165) is 9.87 Å². The number of alkyl carbamates (subject to hydrolysis) is 1. The van der Waals surface area contributed by atoms with Crippen molar-refractivity contribution in [3.05, 3.63) is 42.3 Å². The number of esters is 1. The Hall–Kier alpha value is -2.55. The van der Waals surface area contributed by atoms with Gasteiger partial charge in [-0.1, -0.05) is 17.7 Å². The van der Waals surface area contributed by atoms with Crippen LogP contribution >= 0.6 is 0 Å². The van der Waals surface area contributed by atoms with Crippen molar-refractivity contribution in [3.63, 3.8) is 0 Å². The van der Waals surface area contributed by atoms with Crippen molar-refractivity contribution in [2.24, 2.45) is 0 Å². The molecular formula is C18H26N2O6S. The summed E-state index contributed by atoms with van der Waals surface area (Å²) in [5.74, 6) is -1.27. The normalized spacial score (nSPS) is 12.7. The highest BCUT2D eigenvalue weighted by Crippen LogP contribution is 2.19. The number of amides is 1. The summed E-state index contributed by atoms with van der Waals surface area (Å²) in [5.41, 5.74) is 0.184. The number of carbonyl (C=O) groups excluding carboxylic acids is 2. The van der Waals surface area contributed by atoms with E-state index in [4.69, 9.17) is 9.47 Å². The van der Waals surface area contributed by atoms with Crippen LogP contribution in [-0.4, -0.2) is 43.5 Å². The van der Waals surface area contributed by atoms with E-state index in [0.29, 0.717) is 0 Å². The van der Waals surface area contributed by atoms with Crippen LogP contribution in [0.15, 0.2) is 41.6 Å². The number of rotatable bonds is 6. The van der Waals surface area contributed by atoms with E-state index in [9.17, 15) is 18.0 Å². The van der Waals surface area contributed by atoms with Gasteiger partial charge in [0.25, 0.3) is 10.0 Å². The van der Waals surface area contributed by atoms with Crippen molar-refractivity contribution in [2.45, 2.75) is 51.2 Å². The quantitative estimate of drug-likeness (QED) is 0.584. The average Bonchev–Trinajstić information content (AvgIpc) is 2.52. The minimum absolute atomic E-state index is 0.0349. The lowest BCUT2D eigenvalue weighted by Gasteiger charge is -2.23. The Kier molecular flexibility index (Phi) is 7.02. The zero-order valence-electron chi connectivity index (χ0n) is 16.4. The minimum atomic E-state index is -3.93. The van der Waals surface area contributed by atoms with Crippen LogP contribution in [0.3, 0.4) is 0 Å². The molecule has 1 aromatic rings. The number of nitrogens with zero attached hydrogens (tertiary/aromatic N) is 1. The Bertz CT molecular complexity index is 809. The molecule has 150 valence electrons. The summed E-state index contributed by atoms with van der Waals surface area (Å²) in [6.07, 6.45) is -0.793. The van der Waals surface area contributed by atoms with Crippen molar-refractivity contribution in [3.8, 4) is 0 Å². The molecule has 8 nitrogen and oxygen atoms in total. The van der Waals surface area contributed by atoms with Crippen LogP contribution in [0, 0.1) is 6.92 Å². The first-order valence-corrected chi connectivity index (χ1v) is 9.64. The molecule has 0 aliphatic heterocycles. The standard InChI is InChI=1S/C18H26N2O6S/c1-12-8-10-15(11-9-12)27(23,24)20(7)14(3)25-16(21)13(2)19-17(22)26-18(4,5)6/h8-11,13H,3H2,1-2,4-7H3,(H,19,22). The molecule has 1 unspecified atom stereocenters. The average molecular weight is 398 g/mol. The fourth-order valence-corrected chi connectivity index (χ4v) is 2.92. The molecule has 0 saturated heterocycles. The zero-order valence-corrected chi connectivity index (χ0v) is 17.2. The fourth-order valence-electron chi connectivity index (χ4n) is 1.81. The maximum absolute atomic E-state index is 12.6. The number of hydrogen-bond donors (Lipinski definition) is 1. The van der Waals surface area contributed by atoms with E-state index in [-0.39, 0.29) is 4.90 Å². The third kappa shape index (κ3) is 6.59. The molecule has 0 bridgehead atoms. The molecule has 9 heteroatoms. The number of carbonyl (C=O) groups is 2. The molecule has 27 heavy (non-hydrogen) atoms. The molecule has 1 amide bonds. The van der Waals surface area contributed by atoms with Crippen LogP contribution in [0.4, 0.5) is 4.79 Å². The summed E-state index contributed by atoms with van der Waals surface area (Å²) in [4.78, 5) is 23.8. The van der Waals surface area contributed by atoms with E-state index in [1.165, 1.54) is 26.1 Å². The van der Waals surface area contributed by atoms with E-state index < -0.39 is 39.6 Å². The second-order valence-corrected chi connectivity index (χ2v) is 8.94. The summed E-state index contributed by atoms with van der Waals surface area (Å²) in [6, 6.07) is 5.14. The Labute approximate surface area is 160 Å².